The van der Waals surface area contributed by atoms with Gasteiger partial charge >= 0.3 is 0 Å². The highest BCUT2D eigenvalue weighted by molar-refractivity contribution is 7.13. The van der Waals surface area contributed by atoms with Gasteiger partial charge in [0.05, 0.1) is 6.54 Å². The molecule has 0 bridgehead atoms. The molecule has 0 atom stereocenters. The summed E-state index contributed by atoms with van der Waals surface area (Å²) in [5.74, 6) is -0.0721. The molecule has 0 aliphatic heterocycles. The average molecular weight is 261 g/mol. The van der Waals surface area contributed by atoms with Crippen LogP contribution in [0.15, 0.2) is 29.8 Å². The Morgan fingerprint density at radius 2 is 2.22 bits per heavy atom. The highest BCUT2D eigenvalue weighted by Crippen LogP contribution is 2.16. The molecule has 0 aliphatic rings. The van der Waals surface area contributed by atoms with Gasteiger partial charge in [-0.1, -0.05) is 17.7 Å². The van der Waals surface area contributed by atoms with Gasteiger partial charge in [0.2, 0.25) is 5.91 Å². The van der Waals surface area contributed by atoms with Crippen LogP contribution in [-0.2, 0) is 4.79 Å². The van der Waals surface area contributed by atoms with Crippen LogP contribution in [-0.4, -0.2) is 17.4 Å². The van der Waals surface area contributed by atoms with E-state index >= 15 is 0 Å². The van der Waals surface area contributed by atoms with E-state index in [0.717, 1.165) is 16.4 Å². The van der Waals surface area contributed by atoms with Crippen LogP contribution in [0.5, 0.6) is 0 Å². The zero-order chi connectivity index (χ0) is 13.0. The molecule has 1 aromatic carbocycles. The van der Waals surface area contributed by atoms with Gasteiger partial charge in [0, 0.05) is 17.3 Å². The number of nitrogens with zero attached hydrogens (tertiary/aromatic N) is 1. The van der Waals surface area contributed by atoms with E-state index in [1.165, 1.54) is 16.9 Å². The molecule has 1 amide bonds. The number of rotatable bonds is 4. The minimum atomic E-state index is -0.0721. The van der Waals surface area contributed by atoms with Crippen molar-refractivity contribution >= 4 is 28.1 Å². The maximum Gasteiger partial charge on any atom is 0.243 e. The van der Waals surface area contributed by atoms with E-state index in [0.29, 0.717) is 0 Å². The van der Waals surface area contributed by atoms with Gasteiger partial charge in [-0.05, 0) is 25.5 Å². The molecule has 0 radical (unpaired) electrons. The van der Waals surface area contributed by atoms with Crippen molar-refractivity contribution in [3.8, 4) is 0 Å². The van der Waals surface area contributed by atoms with Gasteiger partial charge in [-0.25, -0.2) is 4.98 Å². The first-order valence-corrected chi connectivity index (χ1v) is 6.53. The van der Waals surface area contributed by atoms with Crippen LogP contribution in [0.1, 0.15) is 11.1 Å². The second-order valence-electron chi connectivity index (χ2n) is 4.06. The molecular formula is C13H15N3OS. The number of nitrogens with one attached hydrogen (secondary N) is 2. The lowest BCUT2D eigenvalue weighted by atomic mass is 10.1. The maximum absolute atomic E-state index is 11.7. The molecule has 94 valence electrons. The molecule has 18 heavy (non-hydrogen) atoms. The number of anilines is 2. The normalized spacial score (nSPS) is 10.1. The Kier molecular flexibility index (Phi) is 3.94. The van der Waals surface area contributed by atoms with Gasteiger partial charge in [-0.3, -0.25) is 4.79 Å². The molecule has 2 rings (SSSR count). The molecule has 2 aromatic rings. The maximum atomic E-state index is 11.7. The van der Waals surface area contributed by atoms with E-state index in [2.05, 4.69) is 15.6 Å². The zero-order valence-corrected chi connectivity index (χ0v) is 11.2. The summed E-state index contributed by atoms with van der Waals surface area (Å²) in [5, 5.41) is 8.47. The van der Waals surface area contributed by atoms with Crippen molar-refractivity contribution in [1.82, 2.24) is 4.98 Å². The number of hydrogen-bond acceptors (Lipinski definition) is 4. The summed E-state index contributed by atoms with van der Waals surface area (Å²) in [7, 11) is 0. The van der Waals surface area contributed by atoms with Crippen molar-refractivity contribution in [2.75, 3.05) is 17.2 Å². The predicted octanol–water partition coefficient (Wildman–Crippen LogP) is 2.81. The molecule has 0 saturated carbocycles. The third-order valence-electron chi connectivity index (χ3n) is 2.49. The van der Waals surface area contributed by atoms with Crippen LogP contribution in [0.4, 0.5) is 10.8 Å². The summed E-state index contributed by atoms with van der Waals surface area (Å²) in [6, 6.07) is 5.95. The van der Waals surface area contributed by atoms with Crippen LogP contribution in [0.25, 0.3) is 0 Å². The van der Waals surface area contributed by atoms with Gasteiger partial charge in [-0.15, -0.1) is 11.3 Å². The average Bonchev–Trinajstić information content (AvgIpc) is 2.83. The summed E-state index contributed by atoms with van der Waals surface area (Å²) >= 11 is 1.47. The summed E-state index contributed by atoms with van der Waals surface area (Å²) in [6.07, 6.45) is 1.70. The molecule has 4 nitrogen and oxygen atoms in total. The first-order chi connectivity index (χ1) is 8.65. The van der Waals surface area contributed by atoms with Gasteiger partial charge in [0.25, 0.3) is 0 Å². The molecule has 2 N–H and O–H groups in total. The second-order valence-corrected chi connectivity index (χ2v) is 4.95. The standard InChI is InChI=1S/C13H15N3OS/c1-9-3-4-11(10(2)7-9)16-12(17)8-15-13-14-5-6-18-13/h3-7H,8H2,1-2H3,(H,14,15)(H,16,17). The molecule has 5 heteroatoms. The van der Waals surface area contributed by atoms with Crippen LogP contribution in [0.3, 0.4) is 0 Å². The zero-order valence-electron chi connectivity index (χ0n) is 10.4. The fraction of sp³-hybridized carbons (Fsp3) is 0.231. The van der Waals surface area contributed by atoms with Crippen molar-refractivity contribution in [3.05, 3.63) is 40.9 Å². The number of benzene rings is 1. The highest BCUT2D eigenvalue weighted by atomic mass is 32.1. The number of aryl methyl sites for hydroxylation is 2. The molecule has 0 spiro atoms. The Balaban J connectivity index is 1.91. The molecule has 1 heterocycles. The molecule has 0 fully saturated rings. The van der Waals surface area contributed by atoms with Gasteiger partial charge in [-0.2, -0.15) is 0 Å². The van der Waals surface area contributed by atoms with E-state index in [9.17, 15) is 4.79 Å². The number of hydrogen-bond donors (Lipinski definition) is 2. The van der Waals surface area contributed by atoms with Crippen LogP contribution in [0.2, 0.25) is 0 Å². The second kappa shape index (κ2) is 5.64. The summed E-state index contributed by atoms with van der Waals surface area (Å²) in [6.45, 7) is 4.24. The van der Waals surface area contributed by atoms with E-state index < -0.39 is 0 Å². The van der Waals surface area contributed by atoms with E-state index in [4.69, 9.17) is 0 Å². The Labute approximate surface area is 110 Å². The monoisotopic (exact) mass is 261 g/mol. The number of carbonyl (C=O) groups is 1. The van der Waals surface area contributed by atoms with Crippen molar-refractivity contribution in [2.45, 2.75) is 13.8 Å². The highest BCUT2D eigenvalue weighted by Gasteiger charge is 2.05. The first-order valence-electron chi connectivity index (χ1n) is 5.65. The molecule has 0 unspecified atom stereocenters. The Bertz CT molecular complexity index is 537. The molecule has 0 saturated heterocycles. The molecular weight excluding hydrogens is 246 g/mol. The molecule has 0 aliphatic carbocycles. The van der Waals surface area contributed by atoms with E-state index in [1.807, 2.05) is 37.4 Å². The van der Waals surface area contributed by atoms with Crippen LogP contribution >= 0.6 is 11.3 Å². The van der Waals surface area contributed by atoms with Crippen molar-refractivity contribution < 1.29 is 4.79 Å². The molecule has 1 aromatic heterocycles. The Morgan fingerprint density at radius 3 is 2.89 bits per heavy atom. The lowest BCUT2D eigenvalue weighted by Gasteiger charge is -2.09. The lowest BCUT2D eigenvalue weighted by Crippen LogP contribution is -2.22. The van der Waals surface area contributed by atoms with Crippen LogP contribution in [0, 0.1) is 13.8 Å². The largest absolute Gasteiger partial charge is 0.352 e. The summed E-state index contributed by atoms with van der Waals surface area (Å²) in [4.78, 5) is 15.8. The fourth-order valence-electron chi connectivity index (χ4n) is 1.61. The van der Waals surface area contributed by atoms with Gasteiger partial charge in [0.15, 0.2) is 5.13 Å². The number of amides is 1. The van der Waals surface area contributed by atoms with E-state index in [1.54, 1.807) is 6.20 Å². The Morgan fingerprint density at radius 1 is 1.39 bits per heavy atom. The quantitative estimate of drug-likeness (QED) is 0.889. The minimum absolute atomic E-state index is 0.0721. The smallest absolute Gasteiger partial charge is 0.243 e. The topological polar surface area (TPSA) is 54.0 Å². The predicted molar refractivity (Wildman–Crippen MR) is 75.1 cm³/mol. The summed E-state index contributed by atoms with van der Waals surface area (Å²) in [5.41, 5.74) is 3.11. The number of carbonyl (C=O) groups excluding carboxylic acids is 1. The number of aromatic nitrogens is 1. The van der Waals surface area contributed by atoms with E-state index in [-0.39, 0.29) is 12.5 Å². The van der Waals surface area contributed by atoms with Crippen molar-refractivity contribution in [3.63, 3.8) is 0 Å². The third kappa shape index (κ3) is 3.30. The minimum Gasteiger partial charge on any atom is -0.352 e. The Hall–Kier alpha value is -1.88. The van der Waals surface area contributed by atoms with Crippen molar-refractivity contribution in [2.24, 2.45) is 0 Å². The van der Waals surface area contributed by atoms with Crippen molar-refractivity contribution in [1.29, 1.82) is 0 Å². The first kappa shape index (κ1) is 12.6. The lowest BCUT2D eigenvalue weighted by molar-refractivity contribution is -0.114. The fourth-order valence-corrected chi connectivity index (χ4v) is 2.14. The number of thiazole rings is 1. The van der Waals surface area contributed by atoms with Crippen LogP contribution < -0.4 is 10.6 Å². The SMILES string of the molecule is Cc1ccc(NC(=O)CNc2nccs2)c(C)c1. The third-order valence-corrected chi connectivity index (χ3v) is 3.22. The van der Waals surface area contributed by atoms with Gasteiger partial charge in [0.1, 0.15) is 0 Å². The summed E-state index contributed by atoms with van der Waals surface area (Å²) < 4.78 is 0. The van der Waals surface area contributed by atoms with Gasteiger partial charge < -0.3 is 10.6 Å².